The van der Waals surface area contributed by atoms with Crippen LogP contribution in [-0.4, -0.2) is 67.4 Å². The Bertz CT molecular complexity index is 1210. The van der Waals surface area contributed by atoms with E-state index in [2.05, 4.69) is 25.6 Å². The van der Waals surface area contributed by atoms with Crippen molar-refractivity contribution in [1.82, 2.24) is 30.3 Å². The van der Waals surface area contributed by atoms with Crippen LogP contribution in [0.3, 0.4) is 0 Å². The van der Waals surface area contributed by atoms with E-state index in [0.717, 1.165) is 11.3 Å². The third-order valence-electron chi connectivity index (χ3n) is 5.02. The molecule has 0 aromatic carbocycles. The Balaban J connectivity index is 1.48. The van der Waals surface area contributed by atoms with Gasteiger partial charge in [0.05, 0.1) is 28.8 Å². The first kappa shape index (κ1) is 23.3. The summed E-state index contributed by atoms with van der Waals surface area (Å²) in [6, 6.07) is -0.749. The number of alkyl halides is 1. The number of H-pyrrole nitrogens is 1. The summed E-state index contributed by atoms with van der Waals surface area (Å²) >= 11 is 13.0. The summed E-state index contributed by atoms with van der Waals surface area (Å²) < 4.78 is 21.3. The Kier molecular flexibility index (Phi) is 6.45. The topological polar surface area (TPSA) is 138 Å². The molecule has 0 unspecified atom stereocenters. The third kappa shape index (κ3) is 4.75. The first-order valence-corrected chi connectivity index (χ1v) is 11.2. The number of carbonyl (C=O) groups is 2. The molecule has 176 valence electrons. The number of anilines is 1. The zero-order valence-corrected chi connectivity index (χ0v) is 19.6. The second kappa shape index (κ2) is 9.15. The van der Waals surface area contributed by atoms with E-state index in [1.165, 1.54) is 4.68 Å². The van der Waals surface area contributed by atoms with Crippen molar-refractivity contribution in [2.45, 2.75) is 25.6 Å². The SMILES string of the molecule is Cc1[nH]c(C(=O)N[C@@H]2CCN(c3nc(-c4cn(C)nn4)c(OC(=O)O)s3)C[C@@H]2F)c(Cl)c1Cl. The summed E-state index contributed by atoms with van der Waals surface area (Å²) in [4.78, 5) is 32.5. The van der Waals surface area contributed by atoms with Crippen molar-refractivity contribution in [3.05, 3.63) is 27.6 Å². The lowest BCUT2D eigenvalue weighted by Gasteiger charge is -2.34. The number of halogens is 3. The molecule has 11 nitrogen and oxygen atoms in total. The zero-order valence-electron chi connectivity index (χ0n) is 17.3. The number of rotatable bonds is 5. The molecule has 33 heavy (non-hydrogen) atoms. The lowest BCUT2D eigenvalue weighted by Crippen LogP contribution is -2.52. The normalized spacial score (nSPS) is 18.4. The monoisotopic (exact) mass is 517 g/mol. The highest BCUT2D eigenvalue weighted by Gasteiger charge is 2.34. The maximum Gasteiger partial charge on any atom is 0.512 e. The highest BCUT2D eigenvalue weighted by molar-refractivity contribution is 7.18. The molecule has 4 heterocycles. The molecule has 4 rings (SSSR count). The Labute approximate surface area is 200 Å². The van der Waals surface area contributed by atoms with Gasteiger partial charge in [-0.1, -0.05) is 39.8 Å². The number of aryl methyl sites for hydroxylation is 2. The number of aromatic nitrogens is 5. The summed E-state index contributed by atoms with van der Waals surface area (Å²) in [6.07, 6.45) is -1.07. The van der Waals surface area contributed by atoms with Crippen LogP contribution in [0.25, 0.3) is 11.4 Å². The van der Waals surface area contributed by atoms with Crippen molar-refractivity contribution in [1.29, 1.82) is 0 Å². The molecule has 1 fully saturated rings. The number of nitrogens with one attached hydrogen (secondary N) is 2. The summed E-state index contributed by atoms with van der Waals surface area (Å²) in [5.74, 6) is -0.549. The standard InChI is InChI=1S/C18H18Cl2FN7O4S/c1-7-11(19)12(20)14(22-7)15(29)23-9-3-4-28(5-8(9)21)17-24-13(10-6-27(2)26-25-10)16(33-17)32-18(30)31/h6,8-9,22H,3-5H2,1-2H3,(H,23,29)(H,30,31)/t8-,9+/m0/s1. The van der Waals surface area contributed by atoms with Crippen molar-refractivity contribution in [2.75, 3.05) is 18.0 Å². The molecular weight excluding hydrogens is 500 g/mol. The van der Waals surface area contributed by atoms with Gasteiger partial charge in [0.2, 0.25) is 5.06 Å². The Morgan fingerprint density at radius 2 is 2.15 bits per heavy atom. The molecule has 1 amide bonds. The minimum absolute atomic E-state index is 0.0115. The van der Waals surface area contributed by atoms with Crippen LogP contribution in [0.2, 0.25) is 10.0 Å². The van der Waals surface area contributed by atoms with Crippen LogP contribution in [0.4, 0.5) is 14.3 Å². The molecule has 0 radical (unpaired) electrons. The Hall–Kier alpha value is -2.90. The number of thiazole rings is 1. The van der Waals surface area contributed by atoms with Crippen molar-refractivity contribution in [2.24, 2.45) is 7.05 Å². The van der Waals surface area contributed by atoms with Crippen LogP contribution in [-0.2, 0) is 7.05 Å². The van der Waals surface area contributed by atoms with Gasteiger partial charge in [-0.3, -0.25) is 9.48 Å². The second-order valence-electron chi connectivity index (χ2n) is 7.36. The molecule has 0 bridgehead atoms. The number of carbonyl (C=O) groups excluding carboxylic acids is 1. The van der Waals surface area contributed by atoms with Crippen molar-refractivity contribution in [3.8, 4) is 16.5 Å². The molecular formula is C18H18Cl2FN7O4S. The van der Waals surface area contributed by atoms with Crippen LogP contribution in [0, 0.1) is 6.92 Å². The number of ether oxygens (including phenoxy) is 1. The van der Waals surface area contributed by atoms with Crippen LogP contribution >= 0.6 is 34.5 Å². The van der Waals surface area contributed by atoms with Gasteiger partial charge < -0.3 is 25.0 Å². The molecule has 1 aliphatic rings. The maximum atomic E-state index is 15.0. The molecule has 1 aliphatic heterocycles. The minimum atomic E-state index is -1.50. The third-order valence-corrected chi connectivity index (χ3v) is 6.96. The number of carboxylic acid groups (broad SMARTS) is 1. The first-order chi connectivity index (χ1) is 15.6. The molecule has 2 atom stereocenters. The van der Waals surface area contributed by atoms with E-state index in [1.807, 2.05) is 0 Å². The number of hydrogen-bond donors (Lipinski definition) is 3. The molecule has 3 aromatic rings. The van der Waals surface area contributed by atoms with E-state index >= 15 is 0 Å². The summed E-state index contributed by atoms with van der Waals surface area (Å²) in [5, 5.41) is 20.2. The van der Waals surface area contributed by atoms with Gasteiger partial charge >= 0.3 is 6.16 Å². The van der Waals surface area contributed by atoms with Gasteiger partial charge in [-0.15, -0.1) is 5.10 Å². The highest BCUT2D eigenvalue weighted by atomic mass is 35.5. The molecule has 0 saturated carbocycles. The lowest BCUT2D eigenvalue weighted by atomic mass is 10.0. The van der Waals surface area contributed by atoms with Crippen LogP contribution in [0.5, 0.6) is 5.06 Å². The van der Waals surface area contributed by atoms with E-state index in [9.17, 15) is 14.0 Å². The Morgan fingerprint density at radius 3 is 2.73 bits per heavy atom. The van der Waals surface area contributed by atoms with Gasteiger partial charge in [0.1, 0.15) is 23.3 Å². The fraction of sp³-hybridized carbons (Fsp3) is 0.389. The van der Waals surface area contributed by atoms with E-state index in [0.29, 0.717) is 23.1 Å². The van der Waals surface area contributed by atoms with E-state index in [-0.39, 0.29) is 39.5 Å². The van der Waals surface area contributed by atoms with E-state index in [1.54, 1.807) is 25.1 Å². The average molecular weight is 518 g/mol. The van der Waals surface area contributed by atoms with Gasteiger partial charge in [-0.05, 0) is 13.3 Å². The number of hydrogen-bond acceptors (Lipinski definition) is 8. The lowest BCUT2D eigenvalue weighted by molar-refractivity contribution is 0.0894. The largest absolute Gasteiger partial charge is 0.512 e. The summed E-state index contributed by atoms with van der Waals surface area (Å²) in [5.41, 5.74) is 1.15. The number of amides is 1. The maximum absolute atomic E-state index is 15.0. The van der Waals surface area contributed by atoms with E-state index < -0.39 is 24.3 Å². The van der Waals surface area contributed by atoms with Crippen LogP contribution < -0.4 is 15.0 Å². The average Bonchev–Trinajstić information content (AvgIpc) is 3.43. The molecule has 0 spiro atoms. The Morgan fingerprint density at radius 1 is 1.39 bits per heavy atom. The molecule has 3 aromatic heterocycles. The van der Waals surface area contributed by atoms with Gasteiger partial charge in [-0.25, -0.2) is 14.2 Å². The summed E-state index contributed by atoms with van der Waals surface area (Å²) in [7, 11) is 1.66. The quantitative estimate of drug-likeness (QED) is 0.438. The van der Waals surface area contributed by atoms with Crippen LogP contribution in [0.15, 0.2) is 6.20 Å². The fourth-order valence-corrected chi connectivity index (χ4v) is 4.78. The van der Waals surface area contributed by atoms with Gasteiger partial charge in [0.15, 0.2) is 5.13 Å². The van der Waals surface area contributed by atoms with Gasteiger partial charge in [0, 0.05) is 19.3 Å². The van der Waals surface area contributed by atoms with Crippen molar-refractivity contribution < 1.29 is 23.8 Å². The van der Waals surface area contributed by atoms with E-state index in [4.69, 9.17) is 33.0 Å². The van der Waals surface area contributed by atoms with Crippen molar-refractivity contribution in [3.63, 3.8) is 0 Å². The minimum Gasteiger partial charge on any atom is -0.449 e. The van der Waals surface area contributed by atoms with Crippen LogP contribution in [0.1, 0.15) is 22.6 Å². The highest BCUT2D eigenvalue weighted by Crippen LogP contribution is 2.40. The molecule has 3 N–H and O–H groups in total. The molecule has 15 heteroatoms. The van der Waals surface area contributed by atoms with Crippen molar-refractivity contribution >= 4 is 51.7 Å². The molecule has 1 saturated heterocycles. The summed E-state index contributed by atoms with van der Waals surface area (Å²) in [6.45, 7) is 1.97. The predicted octanol–water partition coefficient (Wildman–Crippen LogP) is 3.29. The number of piperidine rings is 1. The van der Waals surface area contributed by atoms with Gasteiger partial charge in [0.25, 0.3) is 5.91 Å². The smallest absolute Gasteiger partial charge is 0.449 e. The predicted molar refractivity (Wildman–Crippen MR) is 119 cm³/mol. The molecule has 0 aliphatic carbocycles. The first-order valence-electron chi connectivity index (χ1n) is 9.65. The second-order valence-corrected chi connectivity index (χ2v) is 9.06. The van der Waals surface area contributed by atoms with Gasteiger partial charge in [-0.2, -0.15) is 0 Å². The number of aromatic amines is 1. The fourth-order valence-electron chi connectivity index (χ4n) is 3.41. The zero-order chi connectivity index (χ0) is 23.9. The number of nitrogens with zero attached hydrogens (tertiary/aromatic N) is 5.